The van der Waals surface area contributed by atoms with Crippen molar-refractivity contribution in [2.75, 3.05) is 6.61 Å². The molecule has 0 atom stereocenters. The van der Waals surface area contributed by atoms with Gasteiger partial charge in [0.05, 0.1) is 15.6 Å². The van der Waals surface area contributed by atoms with Gasteiger partial charge in [0.2, 0.25) is 0 Å². The summed E-state index contributed by atoms with van der Waals surface area (Å²) in [5.41, 5.74) is 1.23. The fourth-order valence-electron chi connectivity index (χ4n) is 2.17. The third-order valence-electron chi connectivity index (χ3n) is 3.35. The smallest absolute Gasteiger partial charge is 0.264 e. The van der Waals surface area contributed by atoms with Crippen molar-refractivity contribution in [2.45, 2.75) is 0 Å². The fraction of sp³-hybridized carbons (Fsp3) is 0.0526. The van der Waals surface area contributed by atoms with Gasteiger partial charge in [-0.1, -0.05) is 42.5 Å². The number of aliphatic imine (C=N–C) groups is 1. The van der Waals surface area contributed by atoms with E-state index in [1.54, 1.807) is 12.2 Å². The molecule has 0 aliphatic carbocycles. The van der Waals surface area contributed by atoms with Gasteiger partial charge in [0.1, 0.15) is 18.2 Å². The molecule has 4 nitrogen and oxygen atoms in total. The van der Waals surface area contributed by atoms with Gasteiger partial charge >= 0.3 is 0 Å². The number of nitrogens with one attached hydrogen (secondary N) is 1. The Morgan fingerprint density at radius 3 is 2.88 bits per heavy atom. The molecular weight excluding hydrogens is 375 g/mol. The first kappa shape index (κ1) is 18.2. The summed E-state index contributed by atoms with van der Waals surface area (Å²) in [6.07, 6.45) is 3.39. The molecule has 0 aromatic heterocycles. The second-order valence-electron chi connectivity index (χ2n) is 5.22. The maximum Gasteiger partial charge on any atom is 0.264 e. The van der Waals surface area contributed by atoms with Crippen molar-refractivity contribution in [3.05, 3.63) is 76.4 Å². The third-order valence-corrected chi connectivity index (χ3v) is 4.55. The van der Waals surface area contributed by atoms with Gasteiger partial charge in [-0.3, -0.25) is 4.79 Å². The highest BCUT2D eigenvalue weighted by atomic mass is 35.5. The highest BCUT2D eigenvalue weighted by Crippen LogP contribution is 2.31. The van der Waals surface area contributed by atoms with Gasteiger partial charge in [-0.25, -0.2) is 9.38 Å². The van der Waals surface area contributed by atoms with Crippen LogP contribution in [0.1, 0.15) is 5.56 Å². The molecule has 3 rings (SSSR count). The predicted octanol–water partition coefficient (Wildman–Crippen LogP) is 4.94. The summed E-state index contributed by atoms with van der Waals surface area (Å²) >= 11 is 6.94. The van der Waals surface area contributed by atoms with Crippen LogP contribution in [0.25, 0.3) is 6.08 Å². The quantitative estimate of drug-likeness (QED) is 0.583. The standard InChI is InChI=1S/C19H14ClFN2O2S/c1-2-9-25-16-6-4-3-5-12(16)10-17-18(24)23-19(26-17)22-13-7-8-15(21)14(20)11-13/h2-8,10-11H,1,9H2,(H,22,23,24)/b17-10-. The Balaban J connectivity index is 1.83. The molecule has 0 radical (unpaired) electrons. The molecule has 1 saturated heterocycles. The van der Waals surface area contributed by atoms with Gasteiger partial charge in [-0.2, -0.15) is 0 Å². The summed E-state index contributed by atoms with van der Waals surface area (Å²) in [6.45, 7) is 4.00. The Hall–Kier alpha value is -2.57. The van der Waals surface area contributed by atoms with Crippen molar-refractivity contribution >= 4 is 46.2 Å². The highest BCUT2D eigenvalue weighted by molar-refractivity contribution is 8.18. The number of nitrogens with zero attached hydrogens (tertiary/aromatic N) is 1. The van der Waals surface area contributed by atoms with Crippen LogP contribution in [-0.2, 0) is 4.79 Å². The summed E-state index contributed by atoms with van der Waals surface area (Å²) in [7, 11) is 0. The Morgan fingerprint density at radius 2 is 2.12 bits per heavy atom. The van der Waals surface area contributed by atoms with Crippen molar-refractivity contribution in [2.24, 2.45) is 4.99 Å². The first-order chi connectivity index (χ1) is 12.6. The molecule has 1 fully saturated rings. The third kappa shape index (κ3) is 4.33. The second-order valence-corrected chi connectivity index (χ2v) is 6.66. The van der Waals surface area contributed by atoms with Gasteiger partial charge < -0.3 is 10.1 Å². The zero-order valence-electron chi connectivity index (χ0n) is 13.5. The van der Waals surface area contributed by atoms with Crippen molar-refractivity contribution < 1.29 is 13.9 Å². The Morgan fingerprint density at radius 1 is 1.31 bits per heavy atom. The maximum absolute atomic E-state index is 13.2. The van der Waals surface area contributed by atoms with Crippen LogP contribution in [-0.4, -0.2) is 17.7 Å². The van der Waals surface area contributed by atoms with Crippen molar-refractivity contribution in [1.29, 1.82) is 0 Å². The molecule has 2 aromatic rings. The molecule has 1 aliphatic rings. The molecule has 0 bridgehead atoms. The summed E-state index contributed by atoms with van der Waals surface area (Å²) in [5, 5.41) is 3.06. The SMILES string of the molecule is C=CCOc1ccccc1/C=C1\SC(=Nc2ccc(F)c(Cl)c2)NC1=O. The van der Waals surface area contributed by atoms with Crippen LogP contribution in [0.4, 0.5) is 10.1 Å². The van der Waals surface area contributed by atoms with Gasteiger partial charge in [0.25, 0.3) is 5.91 Å². The number of ether oxygens (including phenoxy) is 1. The molecule has 1 amide bonds. The van der Waals surface area contributed by atoms with Crippen molar-refractivity contribution in [1.82, 2.24) is 5.32 Å². The number of amides is 1. The van der Waals surface area contributed by atoms with Crippen molar-refractivity contribution in [3.63, 3.8) is 0 Å². The van der Waals surface area contributed by atoms with E-state index in [-0.39, 0.29) is 10.9 Å². The summed E-state index contributed by atoms with van der Waals surface area (Å²) in [4.78, 5) is 17.0. The normalized spacial score (nSPS) is 16.8. The fourth-order valence-corrected chi connectivity index (χ4v) is 3.18. The molecule has 0 spiro atoms. The number of rotatable bonds is 5. The topological polar surface area (TPSA) is 50.7 Å². The predicted molar refractivity (Wildman–Crippen MR) is 104 cm³/mol. The van der Waals surface area contributed by atoms with Crippen LogP contribution < -0.4 is 10.1 Å². The monoisotopic (exact) mass is 388 g/mol. The zero-order valence-corrected chi connectivity index (χ0v) is 15.1. The molecule has 7 heteroatoms. The Bertz CT molecular complexity index is 928. The number of halogens is 2. The second kappa shape index (κ2) is 8.21. The average molecular weight is 389 g/mol. The van der Waals surface area contributed by atoms with Crippen LogP contribution >= 0.6 is 23.4 Å². The van der Waals surface area contributed by atoms with E-state index in [9.17, 15) is 9.18 Å². The number of benzene rings is 2. The van der Waals surface area contributed by atoms with Crippen LogP contribution in [0.5, 0.6) is 5.75 Å². The van der Waals surface area contributed by atoms with Gasteiger partial charge in [0, 0.05) is 5.56 Å². The maximum atomic E-state index is 13.2. The first-order valence-corrected chi connectivity index (χ1v) is 8.83. The van der Waals surface area contributed by atoms with E-state index >= 15 is 0 Å². The highest BCUT2D eigenvalue weighted by Gasteiger charge is 2.24. The number of carbonyl (C=O) groups is 1. The molecule has 132 valence electrons. The molecule has 1 heterocycles. The largest absolute Gasteiger partial charge is 0.489 e. The minimum absolute atomic E-state index is 0.0229. The molecule has 1 aliphatic heterocycles. The van der Waals surface area contributed by atoms with E-state index < -0.39 is 5.82 Å². The van der Waals surface area contributed by atoms with Gasteiger partial charge in [-0.05, 0) is 42.1 Å². The zero-order chi connectivity index (χ0) is 18.5. The molecular formula is C19H14ClFN2O2S. The molecule has 0 saturated carbocycles. The summed E-state index contributed by atoms with van der Waals surface area (Å²) in [6, 6.07) is 11.5. The first-order valence-electron chi connectivity index (χ1n) is 7.64. The van der Waals surface area contributed by atoms with E-state index in [0.717, 1.165) is 5.56 Å². The number of thioether (sulfide) groups is 1. The molecule has 0 unspecified atom stereocenters. The lowest BCUT2D eigenvalue weighted by Gasteiger charge is -2.06. The minimum Gasteiger partial charge on any atom is -0.489 e. The van der Waals surface area contributed by atoms with Gasteiger partial charge in [-0.15, -0.1) is 0 Å². The van der Waals surface area contributed by atoms with E-state index in [4.69, 9.17) is 16.3 Å². The van der Waals surface area contributed by atoms with Crippen LogP contribution in [0.3, 0.4) is 0 Å². The summed E-state index contributed by atoms with van der Waals surface area (Å²) in [5.74, 6) is -0.125. The number of hydrogen-bond acceptors (Lipinski definition) is 4. The summed E-state index contributed by atoms with van der Waals surface area (Å²) < 4.78 is 18.8. The van der Waals surface area contributed by atoms with Crippen LogP contribution in [0, 0.1) is 5.82 Å². The number of amidine groups is 1. The number of hydrogen-bond donors (Lipinski definition) is 1. The lowest BCUT2D eigenvalue weighted by atomic mass is 10.2. The Labute approximate surface area is 159 Å². The lowest BCUT2D eigenvalue weighted by Crippen LogP contribution is -2.19. The van der Waals surface area contributed by atoms with Crippen LogP contribution in [0.15, 0.2) is 65.0 Å². The molecule has 26 heavy (non-hydrogen) atoms. The van der Waals surface area contributed by atoms with E-state index in [1.165, 1.54) is 30.0 Å². The van der Waals surface area contributed by atoms with E-state index in [2.05, 4.69) is 16.9 Å². The van der Waals surface area contributed by atoms with Crippen LogP contribution in [0.2, 0.25) is 5.02 Å². The minimum atomic E-state index is -0.518. The molecule has 1 N–H and O–H groups in total. The van der Waals surface area contributed by atoms with E-state index in [0.29, 0.717) is 28.1 Å². The Kier molecular flexibility index (Phi) is 5.75. The average Bonchev–Trinajstić information content (AvgIpc) is 2.96. The van der Waals surface area contributed by atoms with E-state index in [1.807, 2.05) is 24.3 Å². The molecule has 2 aromatic carbocycles. The van der Waals surface area contributed by atoms with Crippen molar-refractivity contribution in [3.8, 4) is 5.75 Å². The lowest BCUT2D eigenvalue weighted by molar-refractivity contribution is -0.115. The number of carbonyl (C=O) groups excluding carboxylic acids is 1. The van der Waals surface area contributed by atoms with Gasteiger partial charge in [0.15, 0.2) is 5.17 Å². The number of para-hydroxylation sites is 1.